The molecule has 0 spiro atoms. The van der Waals surface area contributed by atoms with Gasteiger partial charge in [-0.05, 0) is 52.7 Å². The third-order valence-electron chi connectivity index (χ3n) is 2.78. The molecule has 0 heterocycles. The van der Waals surface area contributed by atoms with Crippen LogP contribution in [0.25, 0.3) is 0 Å². The molecule has 0 aliphatic heterocycles. The summed E-state index contributed by atoms with van der Waals surface area (Å²) in [4.78, 5) is 10.6. The Morgan fingerprint density at radius 3 is 2.52 bits per heavy atom. The van der Waals surface area contributed by atoms with Gasteiger partial charge >= 0.3 is 5.69 Å². The van der Waals surface area contributed by atoms with Crippen LogP contribution in [0.4, 0.5) is 5.69 Å². The predicted molar refractivity (Wildman–Crippen MR) is 83.0 cm³/mol. The molecule has 0 saturated heterocycles. The number of rotatable bonds is 4. The van der Waals surface area contributed by atoms with E-state index in [1.165, 1.54) is 19.1 Å². The summed E-state index contributed by atoms with van der Waals surface area (Å²) in [5.74, 6) is 0.500. The molecule has 21 heavy (non-hydrogen) atoms. The smallest absolute Gasteiger partial charge is 0.311 e. The number of aliphatic hydroxyl groups is 1. The number of nitro groups is 1. The van der Waals surface area contributed by atoms with Gasteiger partial charge in [0.1, 0.15) is 5.75 Å². The molecule has 0 bridgehead atoms. The molecule has 5 nitrogen and oxygen atoms in total. The van der Waals surface area contributed by atoms with Crippen LogP contribution in [-0.2, 0) is 0 Å². The van der Waals surface area contributed by atoms with Crippen molar-refractivity contribution in [3.8, 4) is 11.5 Å². The van der Waals surface area contributed by atoms with E-state index in [-0.39, 0.29) is 11.4 Å². The monoisotopic (exact) mass is 371 g/mol. The zero-order valence-corrected chi connectivity index (χ0v) is 13.3. The van der Waals surface area contributed by atoms with Crippen molar-refractivity contribution in [2.24, 2.45) is 0 Å². The first-order valence-corrected chi connectivity index (χ1v) is 7.15. The highest BCUT2D eigenvalue weighted by molar-refractivity contribution is 9.10. The Hall–Kier alpha value is -1.63. The van der Waals surface area contributed by atoms with Gasteiger partial charge in [0, 0.05) is 11.1 Å². The molecule has 2 rings (SSSR count). The van der Waals surface area contributed by atoms with Crippen LogP contribution in [0.1, 0.15) is 18.6 Å². The van der Waals surface area contributed by atoms with E-state index in [1.54, 1.807) is 24.3 Å². The molecule has 0 fully saturated rings. The number of ether oxygens (including phenoxy) is 1. The van der Waals surface area contributed by atoms with Crippen LogP contribution in [0.5, 0.6) is 11.5 Å². The Labute approximate surface area is 134 Å². The first-order chi connectivity index (χ1) is 9.88. The highest BCUT2D eigenvalue weighted by Crippen LogP contribution is 2.37. The molecule has 2 aromatic rings. The van der Waals surface area contributed by atoms with Crippen LogP contribution in [0.2, 0.25) is 5.02 Å². The number of nitro benzene ring substituents is 1. The average molecular weight is 373 g/mol. The van der Waals surface area contributed by atoms with Crippen molar-refractivity contribution in [1.82, 2.24) is 0 Å². The van der Waals surface area contributed by atoms with Crippen molar-refractivity contribution in [1.29, 1.82) is 0 Å². The van der Waals surface area contributed by atoms with Crippen molar-refractivity contribution in [2.45, 2.75) is 13.0 Å². The molecule has 0 radical (unpaired) electrons. The maximum atomic E-state index is 11.1. The molecule has 0 aliphatic carbocycles. The van der Waals surface area contributed by atoms with Crippen LogP contribution in [-0.4, -0.2) is 10.0 Å². The molecule has 0 aliphatic rings. The molecule has 1 atom stereocenters. The standard InChI is InChI=1S/C14H11BrClNO4/c1-8(18)9-2-4-14(12(6-9)17(19)20)21-13-5-3-10(16)7-11(13)15/h2-8,18H,1H3/t8-/m0/s1. The van der Waals surface area contributed by atoms with Crippen LogP contribution >= 0.6 is 27.5 Å². The molecule has 0 saturated carbocycles. The number of hydrogen-bond acceptors (Lipinski definition) is 4. The summed E-state index contributed by atoms with van der Waals surface area (Å²) in [7, 11) is 0. The van der Waals surface area contributed by atoms with Gasteiger partial charge in [0.15, 0.2) is 0 Å². The van der Waals surface area contributed by atoms with Crippen molar-refractivity contribution < 1.29 is 14.8 Å². The second-order valence-corrected chi connectivity index (χ2v) is 5.63. The Balaban J connectivity index is 2.41. The predicted octanol–water partition coefficient (Wildman–Crippen LogP) is 4.86. The van der Waals surface area contributed by atoms with Crippen molar-refractivity contribution in [2.75, 3.05) is 0 Å². The summed E-state index contributed by atoms with van der Waals surface area (Å²) in [6.07, 6.45) is -0.792. The fraction of sp³-hybridized carbons (Fsp3) is 0.143. The summed E-state index contributed by atoms with van der Waals surface area (Å²) in [6, 6.07) is 9.20. The van der Waals surface area contributed by atoms with E-state index in [9.17, 15) is 15.2 Å². The molecular weight excluding hydrogens is 362 g/mol. The molecule has 0 aromatic heterocycles. The van der Waals surface area contributed by atoms with Gasteiger partial charge in [-0.1, -0.05) is 17.7 Å². The van der Waals surface area contributed by atoms with Gasteiger partial charge in [0.05, 0.1) is 15.5 Å². The van der Waals surface area contributed by atoms with E-state index < -0.39 is 11.0 Å². The third-order valence-corrected chi connectivity index (χ3v) is 3.63. The van der Waals surface area contributed by atoms with Crippen LogP contribution in [0.3, 0.4) is 0 Å². The van der Waals surface area contributed by atoms with E-state index in [1.807, 2.05) is 0 Å². The first-order valence-electron chi connectivity index (χ1n) is 5.98. The Kier molecular flexibility index (Phi) is 4.82. The van der Waals surface area contributed by atoms with E-state index >= 15 is 0 Å². The summed E-state index contributed by atoms with van der Waals surface area (Å²) in [6.45, 7) is 1.54. The van der Waals surface area contributed by atoms with Crippen LogP contribution < -0.4 is 4.74 Å². The third kappa shape index (κ3) is 3.72. The quantitative estimate of drug-likeness (QED) is 0.614. The van der Waals surface area contributed by atoms with Crippen LogP contribution in [0, 0.1) is 10.1 Å². The van der Waals surface area contributed by atoms with Gasteiger partial charge in [0.25, 0.3) is 0 Å². The minimum Gasteiger partial charge on any atom is -0.449 e. The topological polar surface area (TPSA) is 72.6 Å². The molecule has 7 heteroatoms. The molecule has 0 amide bonds. The summed E-state index contributed by atoms with van der Waals surface area (Å²) in [5.41, 5.74) is 0.236. The fourth-order valence-electron chi connectivity index (χ4n) is 1.70. The van der Waals surface area contributed by atoms with E-state index in [4.69, 9.17) is 16.3 Å². The fourth-order valence-corrected chi connectivity index (χ4v) is 2.46. The highest BCUT2D eigenvalue weighted by Gasteiger charge is 2.19. The van der Waals surface area contributed by atoms with Gasteiger partial charge in [0.2, 0.25) is 5.75 Å². The minimum absolute atomic E-state index is 0.0902. The maximum absolute atomic E-state index is 11.1. The normalized spacial score (nSPS) is 12.0. The lowest BCUT2D eigenvalue weighted by Crippen LogP contribution is -1.97. The average Bonchev–Trinajstić information content (AvgIpc) is 2.41. The van der Waals surface area contributed by atoms with Gasteiger partial charge < -0.3 is 9.84 Å². The Morgan fingerprint density at radius 1 is 1.29 bits per heavy atom. The number of aliphatic hydroxyl groups excluding tert-OH is 1. The highest BCUT2D eigenvalue weighted by atomic mass is 79.9. The van der Waals surface area contributed by atoms with Crippen molar-refractivity contribution >= 4 is 33.2 Å². The first kappa shape index (κ1) is 15.8. The summed E-state index contributed by atoms with van der Waals surface area (Å²) in [5, 5.41) is 21.2. The van der Waals surface area contributed by atoms with Crippen molar-refractivity contribution in [3.63, 3.8) is 0 Å². The van der Waals surface area contributed by atoms with Gasteiger partial charge in [-0.3, -0.25) is 10.1 Å². The molecule has 110 valence electrons. The Bertz CT molecular complexity index is 691. The lowest BCUT2D eigenvalue weighted by Gasteiger charge is -2.10. The van der Waals surface area contributed by atoms with Crippen molar-refractivity contribution in [3.05, 3.63) is 61.6 Å². The van der Waals surface area contributed by atoms with E-state index in [2.05, 4.69) is 15.9 Å². The number of hydrogen-bond donors (Lipinski definition) is 1. The van der Waals surface area contributed by atoms with E-state index in [0.717, 1.165) is 0 Å². The SMILES string of the molecule is C[C@H](O)c1ccc(Oc2ccc(Cl)cc2Br)c([N+](=O)[O-])c1. The number of halogens is 2. The van der Waals surface area contributed by atoms with Gasteiger partial charge in [-0.15, -0.1) is 0 Å². The zero-order valence-electron chi connectivity index (χ0n) is 10.9. The maximum Gasteiger partial charge on any atom is 0.311 e. The Morgan fingerprint density at radius 2 is 1.95 bits per heavy atom. The van der Waals surface area contributed by atoms with Gasteiger partial charge in [-0.25, -0.2) is 0 Å². The van der Waals surface area contributed by atoms with Gasteiger partial charge in [-0.2, -0.15) is 0 Å². The van der Waals surface area contributed by atoms with E-state index in [0.29, 0.717) is 20.8 Å². The minimum atomic E-state index is -0.792. The number of benzene rings is 2. The largest absolute Gasteiger partial charge is 0.449 e. The molecular formula is C14H11BrClNO4. The van der Waals surface area contributed by atoms with Crippen LogP contribution in [0.15, 0.2) is 40.9 Å². The lowest BCUT2D eigenvalue weighted by molar-refractivity contribution is -0.385. The molecule has 2 aromatic carbocycles. The zero-order chi connectivity index (χ0) is 15.6. The summed E-state index contributed by atoms with van der Waals surface area (Å²) >= 11 is 9.12. The second-order valence-electron chi connectivity index (χ2n) is 4.34. The number of nitrogens with zero attached hydrogens (tertiary/aromatic N) is 1. The molecule has 0 unspecified atom stereocenters. The lowest BCUT2D eigenvalue weighted by atomic mass is 10.1. The summed E-state index contributed by atoms with van der Waals surface area (Å²) < 4.78 is 6.15. The molecule has 1 N–H and O–H groups in total. The second kappa shape index (κ2) is 6.43.